The van der Waals surface area contributed by atoms with Crippen LogP contribution < -0.4 is 0 Å². The fourth-order valence-corrected chi connectivity index (χ4v) is 4.65. The van der Waals surface area contributed by atoms with E-state index in [0.717, 1.165) is 33.8 Å². The normalized spacial score (nSPS) is 15.1. The number of H-pyrrole nitrogens is 1. The molecule has 4 atom stereocenters. The Kier molecular flexibility index (Phi) is 5.80. The molecule has 4 heterocycles. The zero-order valence-electron chi connectivity index (χ0n) is 18.4. The van der Waals surface area contributed by atoms with E-state index in [1.807, 2.05) is 42.6 Å². The molecule has 0 aliphatic rings. The molecular weight excluding hydrogens is 412 g/mol. The monoisotopic (exact) mass is 436 g/mol. The summed E-state index contributed by atoms with van der Waals surface area (Å²) < 4.78 is 0. The molecule has 0 radical (unpaired) electrons. The molecule has 8 nitrogen and oxygen atoms in total. The molecule has 0 fully saturated rings. The van der Waals surface area contributed by atoms with Crippen molar-refractivity contribution in [1.82, 2.24) is 40.3 Å². The van der Waals surface area contributed by atoms with Crippen LogP contribution >= 0.6 is 0 Å². The molecule has 5 aromatic rings. The van der Waals surface area contributed by atoms with Crippen molar-refractivity contribution in [3.05, 3.63) is 103 Å². The van der Waals surface area contributed by atoms with E-state index < -0.39 is 0 Å². The van der Waals surface area contributed by atoms with Crippen molar-refractivity contribution < 1.29 is 0 Å². The summed E-state index contributed by atoms with van der Waals surface area (Å²) in [7, 11) is 0. The van der Waals surface area contributed by atoms with Crippen molar-refractivity contribution in [1.29, 1.82) is 0 Å². The van der Waals surface area contributed by atoms with Crippen LogP contribution in [0.25, 0.3) is 10.9 Å². The van der Waals surface area contributed by atoms with Crippen LogP contribution in [0.2, 0.25) is 0 Å². The summed E-state index contributed by atoms with van der Waals surface area (Å²) in [5.41, 5.74) is 3.72. The van der Waals surface area contributed by atoms with Crippen LogP contribution in [-0.4, -0.2) is 40.3 Å². The Morgan fingerprint density at radius 2 is 1.58 bits per heavy atom. The molecule has 0 aliphatic heterocycles. The topological polar surface area (TPSA) is 106 Å². The average molecular weight is 437 g/mol. The number of aromatic nitrogens is 8. The third kappa shape index (κ3) is 4.07. The Labute approximate surface area is 191 Å². The summed E-state index contributed by atoms with van der Waals surface area (Å²) in [6.07, 6.45) is 10.5. The first-order valence-electron chi connectivity index (χ1n) is 11.0. The Morgan fingerprint density at radius 3 is 2.33 bits per heavy atom. The molecule has 33 heavy (non-hydrogen) atoms. The summed E-state index contributed by atoms with van der Waals surface area (Å²) >= 11 is 0. The summed E-state index contributed by atoms with van der Waals surface area (Å²) in [6.45, 7) is 4.32. The zero-order valence-corrected chi connectivity index (χ0v) is 18.4. The number of aromatic amines is 1. The second-order valence-corrected chi connectivity index (χ2v) is 8.17. The van der Waals surface area contributed by atoms with Crippen LogP contribution in [0.5, 0.6) is 0 Å². The molecule has 164 valence electrons. The lowest BCUT2D eigenvalue weighted by molar-refractivity contribution is 0.390. The maximum Gasteiger partial charge on any atom is 0.132 e. The van der Waals surface area contributed by atoms with Crippen molar-refractivity contribution in [2.45, 2.75) is 37.5 Å². The highest BCUT2D eigenvalue weighted by Gasteiger charge is 2.39. The van der Waals surface area contributed by atoms with Crippen LogP contribution in [0.4, 0.5) is 0 Å². The van der Waals surface area contributed by atoms with Gasteiger partial charge in [-0.3, -0.25) is 15.1 Å². The number of benzene rings is 1. The van der Waals surface area contributed by atoms with Crippen molar-refractivity contribution in [3.8, 4) is 0 Å². The minimum Gasteiger partial charge on any atom is -0.278 e. The molecule has 0 aliphatic carbocycles. The number of hydrogen-bond acceptors (Lipinski definition) is 7. The number of rotatable bonds is 7. The van der Waals surface area contributed by atoms with Gasteiger partial charge in [-0.15, -0.1) is 0 Å². The van der Waals surface area contributed by atoms with E-state index in [4.69, 9.17) is 5.10 Å². The molecular formula is C25H24N8. The van der Waals surface area contributed by atoms with E-state index in [-0.39, 0.29) is 23.7 Å². The van der Waals surface area contributed by atoms with Gasteiger partial charge in [0, 0.05) is 66.2 Å². The zero-order chi connectivity index (χ0) is 22.6. The Morgan fingerprint density at radius 1 is 0.727 bits per heavy atom. The molecule has 5 rings (SSSR count). The van der Waals surface area contributed by atoms with Crippen molar-refractivity contribution in [2.75, 3.05) is 0 Å². The van der Waals surface area contributed by atoms with Gasteiger partial charge in [0.05, 0.1) is 22.6 Å². The summed E-state index contributed by atoms with van der Waals surface area (Å²) in [5, 5.41) is 17.7. The minimum absolute atomic E-state index is 0.0168. The molecule has 0 spiro atoms. The lowest BCUT2D eigenvalue weighted by Gasteiger charge is -2.33. The summed E-state index contributed by atoms with van der Waals surface area (Å²) in [4.78, 5) is 18.3. The molecule has 8 heteroatoms. The molecule has 0 amide bonds. The van der Waals surface area contributed by atoms with Gasteiger partial charge in [0.15, 0.2) is 0 Å². The molecule has 0 saturated carbocycles. The summed E-state index contributed by atoms with van der Waals surface area (Å²) in [5.74, 6) is 0.463. The number of nitrogens with one attached hydrogen (secondary N) is 1. The van der Waals surface area contributed by atoms with Gasteiger partial charge in [0.25, 0.3) is 0 Å². The van der Waals surface area contributed by atoms with Crippen LogP contribution in [0.15, 0.2) is 79.6 Å². The quantitative estimate of drug-likeness (QED) is 0.403. The number of nitrogens with zero attached hydrogens (tertiary/aromatic N) is 7. The van der Waals surface area contributed by atoms with E-state index in [9.17, 15) is 0 Å². The Balaban J connectivity index is 1.69. The summed E-state index contributed by atoms with van der Waals surface area (Å²) in [6, 6.07) is 13.9. The van der Waals surface area contributed by atoms with Gasteiger partial charge < -0.3 is 0 Å². The van der Waals surface area contributed by atoms with Gasteiger partial charge in [0.1, 0.15) is 5.82 Å². The molecule has 4 aromatic heterocycles. The Bertz CT molecular complexity index is 1310. The van der Waals surface area contributed by atoms with Gasteiger partial charge in [-0.1, -0.05) is 32.0 Å². The lowest BCUT2D eigenvalue weighted by atomic mass is 9.71. The second-order valence-electron chi connectivity index (χ2n) is 8.17. The highest BCUT2D eigenvalue weighted by atomic mass is 15.1. The molecule has 1 aromatic carbocycles. The van der Waals surface area contributed by atoms with Crippen molar-refractivity contribution >= 4 is 10.9 Å². The van der Waals surface area contributed by atoms with E-state index in [1.165, 1.54) is 0 Å². The second kappa shape index (κ2) is 9.20. The van der Waals surface area contributed by atoms with E-state index in [2.05, 4.69) is 55.1 Å². The smallest absolute Gasteiger partial charge is 0.132 e. The van der Waals surface area contributed by atoms with E-state index in [0.29, 0.717) is 0 Å². The number of para-hydroxylation sites is 1. The number of fused-ring (bicyclic) bond motifs is 1. The van der Waals surface area contributed by atoms with Crippen LogP contribution in [-0.2, 0) is 0 Å². The molecule has 0 bridgehead atoms. The van der Waals surface area contributed by atoms with Crippen molar-refractivity contribution in [3.63, 3.8) is 0 Å². The van der Waals surface area contributed by atoms with Crippen LogP contribution in [0, 0.1) is 0 Å². The van der Waals surface area contributed by atoms with Gasteiger partial charge in [-0.2, -0.15) is 15.3 Å². The van der Waals surface area contributed by atoms with Crippen LogP contribution in [0.3, 0.4) is 0 Å². The third-order valence-electron chi connectivity index (χ3n) is 6.26. The van der Waals surface area contributed by atoms with E-state index >= 15 is 0 Å². The average Bonchev–Trinajstić information content (AvgIpc) is 3.32. The van der Waals surface area contributed by atoms with Gasteiger partial charge in [-0.05, 0) is 24.3 Å². The van der Waals surface area contributed by atoms with Gasteiger partial charge >= 0.3 is 0 Å². The molecule has 4 unspecified atom stereocenters. The highest BCUT2D eigenvalue weighted by molar-refractivity contribution is 5.81. The Hall–Kier alpha value is -4.07. The first kappa shape index (κ1) is 20.8. The van der Waals surface area contributed by atoms with Crippen molar-refractivity contribution in [2.24, 2.45) is 0 Å². The maximum atomic E-state index is 4.71. The van der Waals surface area contributed by atoms with E-state index in [1.54, 1.807) is 31.0 Å². The maximum absolute atomic E-state index is 4.71. The fraction of sp³-hybridized carbons (Fsp3) is 0.240. The first-order chi connectivity index (χ1) is 16.2. The standard InChI is InChI=1S/C25H24N8/c1-16(21-15-26-13-14-27-21)22(20-9-5-12-30-31-20)23(25-28-10-6-11-29-25)17(2)24-18-7-3-4-8-19(18)32-33-24/h3-17,22-23H,1-2H3,(H,32,33). The minimum atomic E-state index is -0.133. The third-order valence-corrected chi connectivity index (χ3v) is 6.26. The van der Waals surface area contributed by atoms with Gasteiger partial charge in [-0.25, -0.2) is 9.97 Å². The first-order valence-corrected chi connectivity index (χ1v) is 11.0. The molecule has 0 saturated heterocycles. The SMILES string of the molecule is CC(c1cnccn1)C(c1cccnn1)C(c1ncccn1)C(C)c1n[nH]c2ccccc12. The largest absolute Gasteiger partial charge is 0.278 e. The number of hydrogen-bond donors (Lipinski definition) is 1. The molecule has 1 N–H and O–H groups in total. The highest BCUT2D eigenvalue weighted by Crippen LogP contribution is 2.48. The van der Waals surface area contributed by atoms with Crippen LogP contribution in [0.1, 0.15) is 60.4 Å². The lowest BCUT2D eigenvalue weighted by Crippen LogP contribution is -2.25. The predicted octanol–water partition coefficient (Wildman–Crippen LogP) is 4.41. The predicted molar refractivity (Wildman–Crippen MR) is 125 cm³/mol. The fourth-order valence-electron chi connectivity index (χ4n) is 4.65. The van der Waals surface area contributed by atoms with Gasteiger partial charge in [0.2, 0.25) is 0 Å².